The van der Waals surface area contributed by atoms with E-state index in [1.165, 1.54) is 0 Å². The molecule has 2 heterocycles. The highest BCUT2D eigenvalue weighted by Crippen LogP contribution is 2.12. The minimum Gasteiger partial charge on any atom is -0.463 e. The summed E-state index contributed by atoms with van der Waals surface area (Å²) in [5.74, 6) is 2.01. The summed E-state index contributed by atoms with van der Waals surface area (Å²) >= 11 is 0. The topological polar surface area (TPSA) is 41.3 Å². The molecule has 4 heteroatoms. The lowest BCUT2D eigenvalue weighted by Crippen LogP contribution is -2.22. The van der Waals surface area contributed by atoms with Crippen LogP contribution < -0.4 is 5.32 Å². The summed E-state index contributed by atoms with van der Waals surface area (Å²) < 4.78 is 5.85. The number of nitrogens with one attached hydrogen (secondary N) is 1. The molecule has 0 amide bonds. The monoisotopic (exact) mass is 287 g/mol. The Hall–Kier alpha value is -1.65. The highest BCUT2D eigenvalue weighted by atomic mass is 16.3. The summed E-state index contributed by atoms with van der Waals surface area (Å²) in [7, 11) is 0. The predicted octanol–water partition coefficient (Wildman–Crippen LogP) is 3.11. The van der Waals surface area contributed by atoms with Crippen molar-refractivity contribution in [3.63, 3.8) is 0 Å². The average molecular weight is 287 g/mol. The highest BCUT2D eigenvalue weighted by molar-refractivity contribution is 5.11. The first kappa shape index (κ1) is 15.7. The minimum absolute atomic E-state index is 0.794. The van der Waals surface area contributed by atoms with Gasteiger partial charge in [0.25, 0.3) is 0 Å². The number of pyridine rings is 1. The van der Waals surface area contributed by atoms with Crippen LogP contribution in [0.3, 0.4) is 0 Å². The Labute approximate surface area is 127 Å². The second kappa shape index (κ2) is 7.96. The summed E-state index contributed by atoms with van der Waals surface area (Å²) in [4.78, 5) is 6.90. The number of hydrogen-bond donors (Lipinski definition) is 1. The van der Waals surface area contributed by atoms with Gasteiger partial charge in [0.2, 0.25) is 0 Å². The zero-order valence-electron chi connectivity index (χ0n) is 13.2. The van der Waals surface area contributed by atoms with Crippen molar-refractivity contribution >= 4 is 0 Å². The maximum Gasteiger partial charge on any atom is 0.118 e. The first-order chi connectivity index (χ1) is 10.2. The van der Waals surface area contributed by atoms with E-state index in [0.717, 1.165) is 55.6 Å². The molecule has 0 fully saturated rings. The van der Waals surface area contributed by atoms with Crippen molar-refractivity contribution in [2.75, 3.05) is 13.1 Å². The van der Waals surface area contributed by atoms with Gasteiger partial charge in [0.1, 0.15) is 11.5 Å². The maximum absolute atomic E-state index is 5.85. The molecule has 2 rings (SSSR count). The van der Waals surface area contributed by atoms with E-state index in [1.807, 2.05) is 13.0 Å². The van der Waals surface area contributed by atoms with E-state index < -0.39 is 0 Å². The van der Waals surface area contributed by atoms with Crippen LogP contribution in [0.25, 0.3) is 0 Å². The van der Waals surface area contributed by atoms with Gasteiger partial charge in [-0.1, -0.05) is 19.9 Å². The molecular weight excluding hydrogens is 262 g/mol. The van der Waals surface area contributed by atoms with Crippen molar-refractivity contribution < 1.29 is 4.42 Å². The molecular formula is C17H25N3O. The zero-order chi connectivity index (χ0) is 15.1. The number of furan rings is 1. The van der Waals surface area contributed by atoms with Gasteiger partial charge in [-0.2, -0.15) is 0 Å². The summed E-state index contributed by atoms with van der Waals surface area (Å²) in [6, 6.07) is 10.3. The predicted molar refractivity (Wildman–Crippen MR) is 84.9 cm³/mol. The van der Waals surface area contributed by atoms with Gasteiger partial charge in [-0.05, 0) is 44.3 Å². The van der Waals surface area contributed by atoms with Gasteiger partial charge in [-0.25, -0.2) is 0 Å². The van der Waals surface area contributed by atoms with Crippen molar-refractivity contribution in [3.8, 4) is 0 Å². The van der Waals surface area contributed by atoms with E-state index in [0.29, 0.717) is 0 Å². The van der Waals surface area contributed by atoms with Gasteiger partial charge in [0, 0.05) is 12.2 Å². The number of aromatic nitrogens is 1. The van der Waals surface area contributed by atoms with Crippen LogP contribution in [-0.4, -0.2) is 23.0 Å². The largest absolute Gasteiger partial charge is 0.463 e. The van der Waals surface area contributed by atoms with Crippen molar-refractivity contribution in [2.24, 2.45) is 0 Å². The maximum atomic E-state index is 5.85. The lowest BCUT2D eigenvalue weighted by atomic mass is 10.3. The Kier molecular flexibility index (Phi) is 5.96. The van der Waals surface area contributed by atoms with E-state index in [-0.39, 0.29) is 0 Å². The molecule has 0 unspecified atom stereocenters. The Morgan fingerprint density at radius 1 is 1.10 bits per heavy atom. The van der Waals surface area contributed by atoms with Crippen molar-refractivity contribution in [1.29, 1.82) is 0 Å². The van der Waals surface area contributed by atoms with Gasteiger partial charge in [0.15, 0.2) is 0 Å². The van der Waals surface area contributed by atoms with Gasteiger partial charge in [0.05, 0.1) is 18.8 Å². The number of aryl methyl sites for hydroxylation is 1. The lowest BCUT2D eigenvalue weighted by Gasteiger charge is -2.18. The standard InChI is InChI=1S/C17H25N3O/c1-4-18-11-16-9-10-17(21-16)13-20(5-2)12-15-8-6-7-14(3)19-15/h6-10,18H,4-5,11-13H2,1-3H3. The summed E-state index contributed by atoms with van der Waals surface area (Å²) in [5.41, 5.74) is 2.17. The van der Waals surface area contributed by atoms with E-state index in [1.54, 1.807) is 0 Å². The van der Waals surface area contributed by atoms with Crippen LogP contribution in [0, 0.1) is 6.92 Å². The molecule has 0 aromatic carbocycles. The average Bonchev–Trinajstić information content (AvgIpc) is 2.92. The fourth-order valence-electron chi connectivity index (χ4n) is 2.27. The lowest BCUT2D eigenvalue weighted by molar-refractivity contribution is 0.242. The molecule has 0 radical (unpaired) electrons. The van der Waals surface area contributed by atoms with E-state index in [2.05, 4.69) is 53.3 Å². The molecule has 2 aromatic rings. The van der Waals surface area contributed by atoms with E-state index in [9.17, 15) is 0 Å². The molecule has 4 nitrogen and oxygen atoms in total. The molecule has 21 heavy (non-hydrogen) atoms. The number of hydrogen-bond acceptors (Lipinski definition) is 4. The van der Waals surface area contributed by atoms with Crippen LogP contribution in [0.1, 0.15) is 36.8 Å². The van der Waals surface area contributed by atoms with Crippen LogP contribution in [0.4, 0.5) is 0 Å². The van der Waals surface area contributed by atoms with Crippen LogP contribution in [0.2, 0.25) is 0 Å². The van der Waals surface area contributed by atoms with Gasteiger partial charge >= 0.3 is 0 Å². The molecule has 0 saturated carbocycles. The fourth-order valence-corrected chi connectivity index (χ4v) is 2.27. The van der Waals surface area contributed by atoms with Crippen molar-refractivity contribution in [3.05, 3.63) is 53.2 Å². The highest BCUT2D eigenvalue weighted by Gasteiger charge is 2.09. The third-order valence-electron chi connectivity index (χ3n) is 3.42. The molecule has 0 atom stereocenters. The zero-order valence-corrected chi connectivity index (χ0v) is 13.2. The van der Waals surface area contributed by atoms with Crippen LogP contribution >= 0.6 is 0 Å². The second-order valence-corrected chi connectivity index (χ2v) is 5.22. The molecule has 0 spiro atoms. The third-order valence-corrected chi connectivity index (χ3v) is 3.42. The molecule has 0 bridgehead atoms. The third kappa shape index (κ3) is 4.99. The first-order valence-electron chi connectivity index (χ1n) is 7.64. The smallest absolute Gasteiger partial charge is 0.118 e. The first-order valence-corrected chi connectivity index (χ1v) is 7.64. The Morgan fingerprint density at radius 2 is 1.90 bits per heavy atom. The molecule has 114 valence electrons. The number of rotatable bonds is 8. The Bertz CT molecular complexity index is 550. The quantitative estimate of drug-likeness (QED) is 0.810. The molecule has 1 N–H and O–H groups in total. The second-order valence-electron chi connectivity index (χ2n) is 5.22. The van der Waals surface area contributed by atoms with E-state index in [4.69, 9.17) is 4.42 Å². The molecule has 0 aliphatic heterocycles. The summed E-state index contributed by atoms with van der Waals surface area (Å²) in [6.07, 6.45) is 0. The van der Waals surface area contributed by atoms with Crippen molar-refractivity contribution in [2.45, 2.75) is 40.4 Å². The van der Waals surface area contributed by atoms with Crippen LogP contribution in [0.5, 0.6) is 0 Å². The normalized spacial score (nSPS) is 11.2. The van der Waals surface area contributed by atoms with Crippen LogP contribution in [-0.2, 0) is 19.6 Å². The van der Waals surface area contributed by atoms with Gasteiger partial charge in [-0.3, -0.25) is 9.88 Å². The summed E-state index contributed by atoms with van der Waals surface area (Å²) in [5, 5.41) is 3.27. The SMILES string of the molecule is CCNCc1ccc(CN(CC)Cc2cccc(C)n2)o1. The molecule has 2 aromatic heterocycles. The van der Waals surface area contributed by atoms with Gasteiger partial charge < -0.3 is 9.73 Å². The van der Waals surface area contributed by atoms with Gasteiger partial charge in [-0.15, -0.1) is 0 Å². The Balaban J connectivity index is 1.94. The summed E-state index contributed by atoms with van der Waals surface area (Å²) in [6.45, 7) is 10.7. The fraction of sp³-hybridized carbons (Fsp3) is 0.471. The number of nitrogens with zero attached hydrogens (tertiary/aromatic N) is 2. The van der Waals surface area contributed by atoms with E-state index >= 15 is 0 Å². The molecule has 0 aliphatic rings. The Morgan fingerprint density at radius 3 is 2.62 bits per heavy atom. The van der Waals surface area contributed by atoms with Crippen molar-refractivity contribution in [1.82, 2.24) is 15.2 Å². The van der Waals surface area contributed by atoms with Crippen LogP contribution in [0.15, 0.2) is 34.7 Å². The molecule has 0 saturated heterocycles. The molecule has 0 aliphatic carbocycles. The minimum atomic E-state index is 0.794.